The van der Waals surface area contributed by atoms with Gasteiger partial charge in [0.05, 0.1) is 11.6 Å². The van der Waals surface area contributed by atoms with Crippen molar-refractivity contribution >= 4 is 17.3 Å². The molecule has 0 radical (unpaired) electrons. The van der Waals surface area contributed by atoms with E-state index in [2.05, 4.69) is 4.98 Å². The lowest BCUT2D eigenvalue weighted by Gasteiger charge is -2.10. The Morgan fingerprint density at radius 3 is 2.76 bits per heavy atom. The molecule has 1 aromatic rings. The van der Waals surface area contributed by atoms with Gasteiger partial charge < -0.3 is 14.4 Å². The van der Waals surface area contributed by atoms with Gasteiger partial charge in [-0.2, -0.15) is 0 Å². The molecular weight excluding hydrogens is 240 g/mol. The van der Waals surface area contributed by atoms with Gasteiger partial charge in [0.25, 0.3) is 0 Å². The van der Waals surface area contributed by atoms with Crippen molar-refractivity contribution in [2.75, 3.05) is 33.9 Å². The molecule has 17 heavy (non-hydrogen) atoms. The molecule has 0 unspecified atom stereocenters. The molecule has 0 saturated heterocycles. The highest BCUT2D eigenvalue weighted by molar-refractivity contribution is 7.13. The van der Waals surface area contributed by atoms with Gasteiger partial charge >= 0.3 is 5.97 Å². The molecule has 1 rings (SSSR count). The second kappa shape index (κ2) is 6.56. The highest BCUT2D eigenvalue weighted by atomic mass is 32.1. The van der Waals surface area contributed by atoms with Crippen molar-refractivity contribution in [3.05, 3.63) is 9.88 Å². The highest BCUT2D eigenvalue weighted by Gasteiger charge is 2.19. The van der Waals surface area contributed by atoms with Crippen molar-refractivity contribution in [2.24, 2.45) is 0 Å². The van der Waals surface area contributed by atoms with E-state index < -0.39 is 0 Å². The molecule has 5 nitrogen and oxygen atoms in total. The molecule has 0 aliphatic heterocycles. The molecule has 0 atom stereocenters. The maximum absolute atomic E-state index is 11.6. The van der Waals surface area contributed by atoms with Gasteiger partial charge in [0.15, 0.2) is 4.88 Å². The van der Waals surface area contributed by atoms with Gasteiger partial charge in [-0.05, 0) is 27.9 Å². The summed E-state index contributed by atoms with van der Waals surface area (Å²) >= 11 is 1.30. The highest BCUT2D eigenvalue weighted by Crippen LogP contribution is 2.25. The van der Waals surface area contributed by atoms with Crippen LogP contribution in [0.2, 0.25) is 0 Å². The number of hydrogen-bond donors (Lipinski definition) is 0. The minimum absolute atomic E-state index is 0.354. The van der Waals surface area contributed by atoms with E-state index in [0.29, 0.717) is 24.0 Å². The summed E-state index contributed by atoms with van der Waals surface area (Å²) in [6, 6.07) is 0. The van der Waals surface area contributed by atoms with Crippen LogP contribution in [0.25, 0.3) is 0 Å². The number of aryl methyl sites for hydroxylation is 1. The smallest absolute Gasteiger partial charge is 0.353 e. The quantitative estimate of drug-likeness (QED) is 0.725. The van der Waals surface area contributed by atoms with Gasteiger partial charge in [0.2, 0.25) is 5.88 Å². The van der Waals surface area contributed by atoms with E-state index in [1.807, 2.05) is 25.9 Å². The van der Waals surface area contributed by atoms with Gasteiger partial charge in [-0.3, -0.25) is 0 Å². The molecular formula is C11H18N2O3S. The van der Waals surface area contributed by atoms with Crippen molar-refractivity contribution in [3.63, 3.8) is 0 Å². The Bertz CT molecular complexity index is 377. The predicted octanol–water partition coefficient (Wildman–Crippen LogP) is 1.57. The zero-order chi connectivity index (χ0) is 12.8. The predicted molar refractivity (Wildman–Crippen MR) is 66.9 cm³/mol. The maximum Gasteiger partial charge on any atom is 0.353 e. The zero-order valence-electron chi connectivity index (χ0n) is 10.6. The Morgan fingerprint density at radius 1 is 1.47 bits per heavy atom. The second-order valence-electron chi connectivity index (χ2n) is 3.74. The number of aromatic nitrogens is 1. The van der Waals surface area contributed by atoms with E-state index in [1.165, 1.54) is 11.3 Å². The first-order valence-electron chi connectivity index (χ1n) is 5.46. The lowest BCUT2D eigenvalue weighted by atomic mass is 10.5. The number of thiazole rings is 1. The molecule has 0 aliphatic carbocycles. The minimum Gasteiger partial charge on any atom is -0.475 e. The van der Waals surface area contributed by atoms with Gasteiger partial charge in [0, 0.05) is 6.54 Å². The normalized spacial score (nSPS) is 10.6. The Kier molecular flexibility index (Phi) is 5.37. The molecule has 1 heterocycles. The summed E-state index contributed by atoms with van der Waals surface area (Å²) in [6.45, 7) is 5.25. The van der Waals surface area contributed by atoms with Crippen LogP contribution in [0.4, 0.5) is 0 Å². The average Bonchev–Trinajstić information content (AvgIpc) is 2.59. The van der Waals surface area contributed by atoms with Crippen LogP contribution in [0.1, 0.15) is 21.6 Å². The molecule has 0 amide bonds. The monoisotopic (exact) mass is 258 g/mol. The minimum atomic E-state index is -0.363. The van der Waals surface area contributed by atoms with E-state index >= 15 is 0 Å². The SMILES string of the molecule is CCOC(=O)c1sc(C)nc1OCCN(C)C. The van der Waals surface area contributed by atoms with Gasteiger partial charge in [-0.15, -0.1) is 11.3 Å². The first-order valence-corrected chi connectivity index (χ1v) is 6.28. The first-order chi connectivity index (χ1) is 8.04. The fourth-order valence-electron chi connectivity index (χ4n) is 1.16. The van der Waals surface area contributed by atoms with Crippen molar-refractivity contribution in [3.8, 4) is 5.88 Å². The summed E-state index contributed by atoms with van der Waals surface area (Å²) in [5.41, 5.74) is 0. The van der Waals surface area contributed by atoms with Crippen LogP contribution in [0.3, 0.4) is 0 Å². The third-order valence-corrected chi connectivity index (χ3v) is 2.87. The van der Waals surface area contributed by atoms with Crippen LogP contribution in [0.5, 0.6) is 5.88 Å². The van der Waals surface area contributed by atoms with E-state index in [-0.39, 0.29) is 5.97 Å². The number of carbonyl (C=O) groups is 1. The zero-order valence-corrected chi connectivity index (χ0v) is 11.5. The van der Waals surface area contributed by atoms with Crippen LogP contribution >= 0.6 is 11.3 Å². The largest absolute Gasteiger partial charge is 0.475 e. The van der Waals surface area contributed by atoms with Crippen molar-refractivity contribution in [1.82, 2.24) is 9.88 Å². The molecule has 96 valence electrons. The third-order valence-electron chi connectivity index (χ3n) is 1.94. The lowest BCUT2D eigenvalue weighted by molar-refractivity contribution is 0.0527. The molecule has 0 saturated carbocycles. The Labute approximate surface area is 105 Å². The summed E-state index contributed by atoms with van der Waals surface area (Å²) in [5.74, 6) is 0.0192. The average molecular weight is 258 g/mol. The van der Waals surface area contributed by atoms with Gasteiger partial charge in [-0.1, -0.05) is 0 Å². The molecule has 0 fully saturated rings. The van der Waals surface area contributed by atoms with Crippen molar-refractivity contribution in [1.29, 1.82) is 0 Å². The number of carbonyl (C=O) groups excluding carboxylic acids is 1. The van der Waals surface area contributed by atoms with Gasteiger partial charge in [-0.25, -0.2) is 9.78 Å². The molecule has 0 aliphatic rings. The lowest BCUT2D eigenvalue weighted by Crippen LogP contribution is -2.20. The van der Waals surface area contributed by atoms with E-state index in [9.17, 15) is 4.79 Å². The van der Waals surface area contributed by atoms with Crippen LogP contribution in [0, 0.1) is 6.92 Å². The molecule has 1 aromatic heterocycles. The summed E-state index contributed by atoms with van der Waals surface area (Å²) < 4.78 is 10.4. The van der Waals surface area contributed by atoms with Crippen molar-refractivity contribution in [2.45, 2.75) is 13.8 Å². The van der Waals surface area contributed by atoms with Crippen LogP contribution in [-0.2, 0) is 4.74 Å². The molecule has 0 bridgehead atoms. The van der Waals surface area contributed by atoms with Crippen LogP contribution in [0.15, 0.2) is 0 Å². The molecule has 0 N–H and O–H groups in total. The summed E-state index contributed by atoms with van der Waals surface area (Å²) in [4.78, 5) is 18.3. The summed E-state index contributed by atoms with van der Waals surface area (Å²) in [7, 11) is 3.92. The second-order valence-corrected chi connectivity index (χ2v) is 4.94. The van der Waals surface area contributed by atoms with E-state index in [0.717, 1.165) is 11.6 Å². The molecule has 6 heteroatoms. The fraction of sp³-hybridized carbons (Fsp3) is 0.636. The maximum atomic E-state index is 11.6. The van der Waals surface area contributed by atoms with Gasteiger partial charge in [0.1, 0.15) is 6.61 Å². The number of ether oxygens (including phenoxy) is 2. The fourth-order valence-corrected chi connectivity index (χ4v) is 1.91. The number of likely N-dealkylation sites (N-methyl/N-ethyl adjacent to an activating group) is 1. The standard InChI is InChI=1S/C11H18N2O3S/c1-5-15-11(14)9-10(12-8(2)17-9)16-7-6-13(3)4/h5-7H2,1-4H3. The number of rotatable bonds is 6. The Morgan fingerprint density at radius 2 is 2.18 bits per heavy atom. The third kappa shape index (κ3) is 4.32. The molecule has 0 aromatic carbocycles. The Hall–Kier alpha value is -1.14. The number of hydrogen-bond acceptors (Lipinski definition) is 6. The topological polar surface area (TPSA) is 51.7 Å². The van der Waals surface area contributed by atoms with Crippen LogP contribution in [-0.4, -0.2) is 49.7 Å². The van der Waals surface area contributed by atoms with Crippen LogP contribution < -0.4 is 4.74 Å². The van der Waals surface area contributed by atoms with E-state index in [4.69, 9.17) is 9.47 Å². The number of nitrogens with zero attached hydrogens (tertiary/aromatic N) is 2. The van der Waals surface area contributed by atoms with Crippen molar-refractivity contribution < 1.29 is 14.3 Å². The molecule has 0 spiro atoms. The first kappa shape index (κ1) is 13.9. The number of esters is 1. The summed E-state index contributed by atoms with van der Waals surface area (Å²) in [5, 5.41) is 0.799. The summed E-state index contributed by atoms with van der Waals surface area (Å²) in [6.07, 6.45) is 0. The van der Waals surface area contributed by atoms with E-state index in [1.54, 1.807) is 6.92 Å². The Balaban J connectivity index is 2.67.